The number of hydrogen-bond donors (Lipinski definition) is 1. The molecule has 3 aromatic rings. The normalized spacial score (nSPS) is 17.8. The molecule has 1 heterocycles. The molecular formula is C23H17BrN2O5. The first-order chi connectivity index (χ1) is 14.9. The fourth-order valence-electron chi connectivity index (χ4n) is 4.03. The van der Waals surface area contributed by atoms with Crippen molar-refractivity contribution in [2.24, 2.45) is 0 Å². The molecule has 0 saturated carbocycles. The zero-order valence-corrected chi connectivity index (χ0v) is 17.7. The Morgan fingerprint density at radius 1 is 1.06 bits per heavy atom. The highest BCUT2D eigenvalue weighted by atomic mass is 79.9. The predicted molar refractivity (Wildman–Crippen MR) is 117 cm³/mol. The number of nitro groups is 1. The lowest BCUT2D eigenvalue weighted by Crippen LogP contribution is -2.44. The van der Waals surface area contributed by atoms with Gasteiger partial charge < -0.3 is 10.0 Å². The second-order valence-corrected chi connectivity index (χ2v) is 8.18. The summed E-state index contributed by atoms with van der Waals surface area (Å²) in [5.41, 5.74) is 1.92. The largest absolute Gasteiger partial charge is 0.481 e. The maximum Gasteiger partial charge on any atom is 0.313 e. The van der Waals surface area contributed by atoms with Gasteiger partial charge in [-0.15, -0.1) is 0 Å². The van der Waals surface area contributed by atoms with E-state index >= 15 is 0 Å². The van der Waals surface area contributed by atoms with E-state index < -0.39 is 22.9 Å². The van der Waals surface area contributed by atoms with Crippen LogP contribution in [0.5, 0.6) is 0 Å². The lowest BCUT2D eigenvalue weighted by Gasteiger charge is -2.41. The summed E-state index contributed by atoms with van der Waals surface area (Å²) >= 11 is 3.38. The maximum absolute atomic E-state index is 13.4. The van der Waals surface area contributed by atoms with E-state index in [2.05, 4.69) is 15.9 Å². The number of aliphatic carboxylic acids is 1. The van der Waals surface area contributed by atoms with Crippen molar-refractivity contribution in [3.8, 4) is 0 Å². The average Bonchev–Trinajstić information content (AvgIpc) is 2.76. The molecular weight excluding hydrogens is 464 g/mol. The third-order valence-corrected chi connectivity index (χ3v) is 5.92. The number of benzene rings is 3. The van der Waals surface area contributed by atoms with Gasteiger partial charge in [0.1, 0.15) is 5.92 Å². The first-order valence-corrected chi connectivity index (χ1v) is 10.3. The third kappa shape index (κ3) is 3.94. The molecule has 0 aliphatic carbocycles. The van der Waals surface area contributed by atoms with Crippen LogP contribution in [-0.2, 0) is 11.3 Å². The van der Waals surface area contributed by atoms with Gasteiger partial charge in [-0.25, -0.2) is 0 Å². The number of carboxylic acids is 1. The summed E-state index contributed by atoms with van der Waals surface area (Å²) in [4.78, 5) is 38.0. The molecule has 1 amide bonds. The molecule has 0 spiro atoms. The topological polar surface area (TPSA) is 101 Å². The first kappa shape index (κ1) is 20.7. The van der Waals surface area contributed by atoms with Gasteiger partial charge >= 0.3 is 5.97 Å². The second-order valence-electron chi connectivity index (χ2n) is 7.26. The van der Waals surface area contributed by atoms with Gasteiger partial charge in [0, 0.05) is 28.7 Å². The quantitative estimate of drug-likeness (QED) is 0.412. The van der Waals surface area contributed by atoms with E-state index in [-0.39, 0.29) is 18.1 Å². The van der Waals surface area contributed by atoms with Gasteiger partial charge in [0.25, 0.3) is 11.6 Å². The van der Waals surface area contributed by atoms with E-state index in [1.165, 1.54) is 17.0 Å². The van der Waals surface area contributed by atoms with Gasteiger partial charge in [0.05, 0.1) is 11.0 Å². The van der Waals surface area contributed by atoms with Crippen LogP contribution in [0.25, 0.3) is 0 Å². The fourth-order valence-corrected chi connectivity index (χ4v) is 4.29. The minimum atomic E-state index is -1.04. The molecule has 156 valence electrons. The summed E-state index contributed by atoms with van der Waals surface area (Å²) in [5, 5.41) is 21.3. The van der Waals surface area contributed by atoms with E-state index in [0.29, 0.717) is 22.3 Å². The van der Waals surface area contributed by atoms with Crippen molar-refractivity contribution in [1.82, 2.24) is 4.90 Å². The number of carboxylic acid groups (broad SMARTS) is 1. The summed E-state index contributed by atoms with van der Waals surface area (Å²) in [7, 11) is 0. The number of amides is 1. The molecule has 31 heavy (non-hydrogen) atoms. The molecule has 3 aromatic carbocycles. The molecule has 0 radical (unpaired) electrons. The van der Waals surface area contributed by atoms with Crippen LogP contribution in [0.4, 0.5) is 5.69 Å². The Hall–Kier alpha value is -3.52. The highest BCUT2D eigenvalue weighted by molar-refractivity contribution is 9.10. The number of nitro benzene ring substituents is 1. The highest BCUT2D eigenvalue weighted by Crippen LogP contribution is 2.43. The minimum absolute atomic E-state index is 0.0410. The van der Waals surface area contributed by atoms with E-state index in [1.54, 1.807) is 60.7 Å². The van der Waals surface area contributed by atoms with Gasteiger partial charge in [-0.2, -0.15) is 0 Å². The van der Waals surface area contributed by atoms with Crippen LogP contribution in [0.1, 0.15) is 39.0 Å². The average molecular weight is 481 g/mol. The van der Waals surface area contributed by atoms with Crippen molar-refractivity contribution in [1.29, 1.82) is 0 Å². The Morgan fingerprint density at radius 2 is 1.77 bits per heavy atom. The summed E-state index contributed by atoms with van der Waals surface area (Å²) in [5.74, 6) is -2.33. The molecule has 0 fully saturated rings. The zero-order chi connectivity index (χ0) is 22.1. The fraction of sp³-hybridized carbons (Fsp3) is 0.130. The van der Waals surface area contributed by atoms with Crippen LogP contribution in [0.15, 0.2) is 77.3 Å². The zero-order valence-electron chi connectivity index (χ0n) is 16.1. The number of rotatable bonds is 5. The van der Waals surface area contributed by atoms with Crippen molar-refractivity contribution in [2.75, 3.05) is 0 Å². The highest BCUT2D eigenvalue weighted by Gasteiger charge is 2.44. The monoisotopic (exact) mass is 480 g/mol. The molecule has 1 aliphatic heterocycles. The molecule has 0 aromatic heterocycles. The van der Waals surface area contributed by atoms with Crippen molar-refractivity contribution in [2.45, 2.75) is 18.5 Å². The lowest BCUT2D eigenvalue weighted by molar-refractivity contribution is -0.384. The van der Waals surface area contributed by atoms with Crippen LogP contribution in [0.2, 0.25) is 0 Å². The SMILES string of the molecule is O=C(O)C1c2ccccc2C(=O)N(Cc2cccc([N+](=O)[O-])c2)C1c1ccc(Br)cc1. The van der Waals surface area contributed by atoms with Gasteiger partial charge in [-0.3, -0.25) is 19.7 Å². The van der Waals surface area contributed by atoms with Crippen molar-refractivity contribution in [3.05, 3.63) is 110 Å². The van der Waals surface area contributed by atoms with Gasteiger partial charge in [-0.05, 0) is 34.9 Å². The molecule has 8 heteroatoms. The summed E-state index contributed by atoms with van der Waals surface area (Å²) in [6, 6.07) is 19.1. The molecule has 0 saturated heterocycles. The lowest BCUT2D eigenvalue weighted by atomic mass is 9.79. The molecule has 7 nitrogen and oxygen atoms in total. The van der Waals surface area contributed by atoms with Crippen LogP contribution in [0, 0.1) is 10.1 Å². The van der Waals surface area contributed by atoms with Crippen LogP contribution < -0.4 is 0 Å². The Labute approximate surface area is 186 Å². The number of carbonyl (C=O) groups is 2. The predicted octanol–water partition coefficient (Wildman–Crippen LogP) is 4.92. The van der Waals surface area contributed by atoms with Gasteiger partial charge in [0.15, 0.2) is 0 Å². The molecule has 0 bridgehead atoms. The maximum atomic E-state index is 13.4. The number of halogens is 1. The Balaban J connectivity index is 1.86. The first-order valence-electron chi connectivity index (χ1n) is 9.48. The number of fused-ring (bicyclic) bond motifs is 1. The minimum Gasteiger partial charge on any atom is -0.481 e. The molecule has 1 N–H and O–H groups in total. The molecule has 2 atom stereocenters. The van der Waals surface area contributed by atoms with Gasteiger partial charge in [0.2, 0.25) is 0 Å². The molecule has 1 aliphatic rings. The smallest absolute Gasteiger partial charge is 0.313 e. The number of hydrogen-bond acceptors (Lipinski definition) is 4. The van der Waals surface area contributed by atoms with Crippen molar-refractivity contribution >= 4 is 33.5 Å². The van der Waals surface area contributed by atoms with Crippen molar-refractivity contribution in [3.63, 3.8) is 0 Å². The molecule has 2 unspecified atom stereocenters. The van der Waals surface area contributed by atoms with E-state index in [0.717, 1.165) is 4.47 Å². The van der Waals surface area contributed by atoms with Crippen LogP contribution in [-0.4, -0.2) is 26.8 Å². The third-order valence-electron chi connectivity index (χ3n) is 5.39. The van der Waals surface area contributed by atoms with E-state index in [4.69, 9.17) is 0 Å². The van der Waals surface area contributed by atoms with Crippen molar-refractivity contribution < 1.29 is 19.6 Å². The summed E-state index contributed by atoms with van der Waals surface area (Å²) in [6.07, 6.45) is 0. The van der Waals surface area contributed by atoms with E-state index in [1.807, 2.05) is 0 Å². The van der Waals surface area contributed by atoms with Gasteiger partial charge in [-0.1, -0.05) is 58.4 Å². The molecule has 4 rings (SSSR count). The Morgan fingerprint density at radius 3 is 2.45 bits per heavy atom. The Kier molecular flexibility index (Phi) is 5.56. The van der Waals surface area contributed by atoms with Crippen LogP contribution >= 0.6 is 15.9 Å². The number of non-ortho nitro benzene ring substituents is 1. The summed E-state index contributed by atoms with van der Waals surface area (Å²) in [6.45, 7) is 0.0410. The standard InChI is InChI=1S/C23H17BrN2O5/c24-16-10-8-15(9-11-16)21-20(23(28)29)18-6-1-2-7-19(18)22(27)25(21)13-14-4-3-5-17(12-14)26(30)31/h1-12,20-21H,13H2,(H,28,29). The van der Waals surface area contributed by atoms with Crippen LogP contribution in [0.3, 0.4) is 0 Å². The number of carbonyl (C=O) groups excluding carboxylic acids is 1. The Bertz CT molecular complexity index is 1180. The summed E-state index contributed by atoms with van der Waals surface area (Å²) < 4.78 is 0.830. The van der Waals surface area contributed by atoms with E-state index in [9.17, 15) is 24.8 Å². The number of nitrogens with zero attached hydrogens (tertiary/aromatic N) is 2. The second kappa shape index (κ2) is 8.31.